The molecular weight excluding hydrogens is 356 g/mol. The number of rotatable bonds is 4. The van der Waals surface area contributed by atoms with Crippen molar-refractivity contribution >= 4 is 28.7 Å². The van der Waals surface area contributed by atoms with E-state index in [1.807, 2.05) is 48.7 Å². The third-order valence-corrected chi connectivity index (χ3v) is 4.04. The first-order valence-corrected chi connectivity index (χ1v) is 8.77. The quantitative estimate of drug-likeness (QED) is 0.565. The lowest BCUT2D eigenvalue weighted by Crippen LogP contribution is -2.21. The molecule has 0 saturated carbocycles. The molecule has 0 bridgehead atoms. The van der Waals surface area contributed by atoms with Crippen molar-refractivity contribution in [1.29, 1.82) is 0 Å². The molecule has 0 unspecified atom stereocenters. The van der Waals surface area contributed by atoms with E-state index in [1.54, 1.807) is 18.5 Å². The zero-order valence-electron chi connectivity index (χ0n) is 15.4. The van der Waals surface area contributed by atoms with Crippen LogP contribution in [0.25, 0.3) is 22.6 Å². The van der Waals surface area contributed by atoms with E-state index < -0.39 is 6.03 Å². The second kappa shape index (κ2) is 7.39. The van der Waals surface area contributed by atoms with Gasteiger partial charge >= 0.3 is 6.03 Å². The van der Waals surface area contributed by atoms with Crippen LogP contribution in [0.4, 0.5) is 16.4 Å². The predicted molar refractivity (Wildman–Crippen MR) is 106 cm³/mol. The maximum absolute atomic E-state index is 12.3. The first-order chi connectivity index (χ1) is 13.6. The number of hydrogen-bond acceptors (Lipinski definition) is 6. The maximum atomic E-state index is 12.3. The van der Waals surface area contributed by atoms with Crippen molar-refractivity contribution in [1.82, 2.24) is 29.7 Å². The van der Waals surface area contributed by atoms with E-state index in [2.05, 4.69) is 35.8 Å². The molecule has 3 heterocycles. The Morgan fingerprint density at radius 3 is 2.57 bits per heavy atom. The van der Waals surface area contributed by atoms with Crippen molar-refractivity contribution in [3.8, 4) is 11.5 Å². The monoisotopic (exact) mass is 374 g/mol. The summed E-state index contributed by atoms with van der Waals surface area (Å²) < 4.78 is 1.91. The SMILES string of the molecule is CC(C)n1cnnc1-c1cccc(NC(=O)Nc2cnc3ccccc3n2)n1. The van der Waals surface area contributed by atoms with Crippen LogP contribution in [-0.2, 0) is 0 Å². The van der Waals surface area contributed by atoms with Gasteiger partial charge in [-0.1, -0.05) is 18.2 Å². The molecule has 0 aliphatic rings. The van der Waals surface area contributed by atoms with Gasteiger partial charge in [0.2, 0.25) is 0 Å². The minimum atomic E-state index is -0.459. The Kier molecular flexibility index (Phi) is 4.63. The van der Waals surface area contributed by atoms with Crippen LogP contribution in [0.1, 0.15) is 19.9 Å². The summed E-state index contributed by atoms with van der Waals surface area (Å²) in [7, 11) is 0. The smallest absolute Gasteiger partial charge is 0.310 e. The number of benzene rings is 1. The van der Waals surface area contributed by atoms with Gasteiger partial charge in [0.15, 0.2) is 11.6 Å². The van der Waals surface area contributed by atoms with E-state index in [4.69, 9.17) is 0 Å². The second-order valence-corrected chi connectivity index (χ2v) is 6.39. The van der Waals surface area contributed by atoms with Gasteiger partial charge < -0.3 is 4.57 Å². The van der Waals surface area contributed by atoms with Crippen molar-refractivity contribution in [2.75, 3.05) is 10.6 Å². The number of nitrogens with zero attached hydrogens (tertiary/aromatic N) is 6. The van der Waals surface area contributed by atoms with Crippen LogP contribution in [0.15, 0.2) is 55.0 Å². The van der Waals surface area contributed by atoms with Crippen molar-refractivity contribution in [2.45, 2.75) is 19.9 Å². The maximum Gasteiger partial charge on any atom is 0.326 e. The molecule has 4 aromatic rings. The number of carbonyl (C=O) groups is 1. The minimum Gasteiger partial charge on any atom is -0.310 e. The molecule has 28 heavy (non-hydrogen) atoms. The Morgan fingerprint density at radius 2 is 1.75 bits per heavy atom. The summed E-state index contributed by atoms with van der Waals surface area (Å²) in [6.45, 7) is 4.07. The molecule has 0 atom stereocenters. The fourth-order valence-corrected chi connectivity index (χ4v) is 2.71. The Balaban J connectivity index is 1.50. The molecule has 0 spiro atoms. The third kappa shape index (κ3) is 3.63. The van der Waals surface area contributed by atoms with E-state index in [9.17, 15) is 4.79 Å². The molecular formula is C19H18N8O. The van der Waals surface area contributed by atoms with Gasteiger partial charge in [0, 0.05) is 6.04 Å². The van der Waals surface area contributed by atoms with Crippen LogP contribution >= 0.6 is 0 Å². The molecule has 1 aromatic carbocycles. The summed E-state index contributed by atoms with van der Waals surface area (Å²) in [5, 5.41) is 13.5. The van der Waals surface area contributed by atoms with Crippen LogP contribution in [0.2, 0.25) is 0 Å². The van der Waals surface area contributed by atoms with Gasteiger partial charge in [0.1, 0.15) is 17.8 Å². The van der Waals surface area contributed by atoms with Gasteiger partial charge in [-0.2, -0.15) is 0 Å². The lowest BCUT2D eigenvalue weighted by atomic mass is 10.3. The molecule has 140 valence electrons. The lowest BCUT2D eigenvalue weighted by molar-refractivity contribution is 0.262. The van der Waals surface area contributed by atoms with Gasteiger partial charge in [-0.05, 0) is 38.1 Å². The Labute approximate surface area is 160 Å². The molecule has 0 fully saturated rings. The highest BCUT2D eigenvalue weighted by Gasteiger charge is 2.12. The molecule has 3 aromatic heterocycles. The average molecular weight is 374 g/mol. The van der Waals surface area contributed by atoms with E-state index in [-0.39, 0.29) is 6.04 Å². The average Bonchev–Trinajstić information content (AvgIpc) is 3.18. The molecule has 0 saturated heterocycles. The molecule has 4 rings (SSSR count). The molecule has 2 N–H and O–H groups in total. The summed E-state index contributed by atoms with van der Waals surface area (Å²) in [5.74, 6) is 1.38. The highest BCUT2D eigenvalue weighted by molar-refractivity contribution is 5.99. The molecule has 0 aliphatic heterocycles. The summed E-state index contributed by atoms with van der Waals surface area (Å²) in [6.07, 6.45) is 3.17. The number of para-hydroxylation sites is 2. The normalized spacial score (nSPS) is 11.0. The van der Waals surface area contributed by atoms with Gasteiger partial charge in [0.05, 0.1) is 17.2 Å². The molecule has 9 nitrogen and oxygen atoms in total. The Hall–Kier alpha value is -3.88. The number of urea groups is 1. The number of hydrogen-bond donors (Lipinski definition) is 2. The highest BCUT2D eigenvalue weighted by atomic mass is 16.2. The molecule has 0 radical (unpaired) electrons. The predicted octanol–water partition coefficient (Wildman–Crippen LogP) is 3.51. The Morgan fingerprint density at radius 1 is 0.964 bits per heavy atom. The second-order valence-electron chi connectivity index (χ2n) is 6.39. The number of anilines is 2. The zero-order chi connectivity index (χ0) is 19.5. The van der Waals surface area contributed by atoms with Gasteiger partial charge in [0.25, 0.3) is 0 Å². The summed E-state index contributed by atoms with van der Waals surface area (Å²) in [4.78, 5) is 25.4. The topological polar surface area (TPSA) is 111 Å². The number of aromatic nitrogens is 6. The number of nitrogens with one attached hydrogen (secondary N) is 2. The van der Waals surface area contributed by atoms with E-state index in [1.165, 1.54) is 6.20 Å². The van der Waals surface area contributed by atoms with Crippen molar-refractivity contribution in [3.05, 3.63) is 55.0 Å². The molecule has 2 amide bonds. The summed E-state index contributed by atoms with van der Waals surface area (Å²) >= 11 is 0. The first-order valence-electron chi connectivity index (χ1n) is 8.77. The van der Waals surface area contributed by atoms with Gasteiger partial charge in [-0.3, -0.25) is 15.6 Å². The van der Waals surface area contributed by atoms with Crippen LogP contribution in [0, 0.1) is 0 Å². The standard InChI is InChI=1S/C19H18N8O/c1-12(2)27-11-21-26-18(27)15-8-5-9-16(23-15)24-19(28)25-17-10-20-13-6-3-4-7-14(13)22-17/h3-12H,1-2H3,(H2,22,23,24,25,28). The Bertz CT molecular complexity index is 1140. The van der Waals surface area contributed by atoms with E-state index in [0.29, 0.717) is 28.7 Å². The first kappa shape index (κ1) is 17.5. The van der Waals surface area contributed by atoms with Crippen molar-refractivity contribution < 1.29 is 4.79 Å². The number of amides is 2. The highest BCUT2D eigenvalue weighted by Crippen LogP contribution is 2.20. The largest absolute Gasteiger partial charge is 0.326 e. The number of pyridine rings is 1. The van der Waals surface area contributed by atoms with Crippen LogP contribution in [0.3, 0.4) is 0 Å². The zero-order valence-corrected chi connectivity index (χ0v) is 15.4. The van der Waals surface area contributed by atoms with E-state index in [0.717, 1.165) is 5.52 Å². The summed E-state index contributed by atoms with van der Waals surface area (Å²) in [5.41, 5.74) is 2.08. The lowest BCUT2D eigenvalue weighted by Gasteiger charge is -2.11. The van der Waals surface area contributed by atoms with Crippen LogP contribution < -0.4 is 10.6 Å². The minimum absolute atomic E-state index is 0.193. The van der Waals surface area contributed by atoms with Gasteiger partial charge in [-0.25, -0.2) is 14.8 Å². The number of fused-ring (bicyclic) bond motifs is 1. The molecule has 0 aliphatic carbocycles. The van der Waals surface area contributed by atoms with Crippen molar-refractivity contribution in [3.63, 3.8) is 0 Å². The fourth-order valence-electron chi connectivity index (χ4n) is 2.71. The molecule has 9 heteroatoms. The van der Waals surface area contributed by atoms with Crippen LogP contribution in [-0.4, -0.2) is 35.7 Å². The van der Waals surface area contributed by atoms with Crippen LogP contribution in [0.5, 0.6) is 0 Å². The fraction of sp³-hybridized carbons (Fsp3) is 0.158. The van der Waals surface area contributed by atoms with E-state index >= 15 is 0 Å². The summed E-state index contributed by atoms with van der Waals surface area (Å²) in [6, 6.07) is 12.5. The number of carbonyl (C=O) groups excluding carboxylic acids is 1. The third-order valence-electron chi connectivity index (χ3n) is 4.04. The van der Waals surface area contributed by atoms with Gasteiger partial charge in [-0.15, -0.1) is 10.2 Å². The van der Waals surface area contributed by atoms with Crippen molar-refractivity contribution in [2.24, 2.45) is 0 Å².